The predicted octanol–water partition coefficient (Wildman–Crippen LogP) is 2.68. The van der Waals surface area contributed by atoms with Crippen LogP contribution in [0.3, 0.4) is 0 Å². The van der Waals surface area contributed by atoms with Gasteiger partial charge in [0.2, 0.25) is 0 Å². The summed E-state index contributed by atoms with van der Waals surface area (Å²) in [6.45, 7) is 2.06. The molecule has 0 aromatic carbocycles. The molecule has 0 amide bonds. The highest BCUT2D eigenvalue weighted by molar-refractivity contribution is 5.15. The van der Waals surface area contributed by atoms with E-state index in [0.29, 0.717) is 0 Å². The SMILES string of the molecule is CCc1ccc(C(N)Cc2ccoc2)o1. The Morgan fingerprint density at radius 1 is 1.33 bits per heavy atom. The summed E-state index contributed by atoms with van der Waals surface area (Å²) in [5.74, 6) is 1.82. The zero-order valence-corrected chi connectivity index (χ0v) is 8.77. The molecule has 0 aliphatic heterocycles. The number of hydrogen-bond acceptors (Lipinski definition) is 3. The molecule has 0 spiro atoms. The molecular formula is C12H15NO2. The quantitative estimate of drug-likeness (QED) is 0.834. The molecule has 2 aromatic heterocycles. The lowest BCUT2D eigenvalue weighted by molar-refractivity contribution is 0.434. The van der Waals surface area contributed by atoms with Crippen molar-refractivity contribution in [2.45, 2.75) is 25.8 Å². The Morgan fingerprint density at radius 2 is 2.20 bits per heavy atom. The molecule has 0 saturated carbocycles. The molecule has 0 aliphatic rings. The Kier molecular flexibility index (Phi) is 2.92. The van der Waals surface area contributed by atoms with Crippen molar-refractivity contribution in [3.63, 3.8) is 0 Å². The minimum Gasteiger partial charge on any atom is -0.472 e. The number of furan rings is 2. The van der Waals surface area contributed by atoms with Gasteiger partial charge in [-0.15, -0.1) is 0 Å². The monoisotopic (exact) mass is 205 g/mol. The van der Waals surface area contributed by atoms with Crippen LogP contribution in [0.15, 0.2) is 39.6 Å². The summed E-state index contributed by atoms with van der Waals surface area (Å²) in [5, 5.41) is 0. The Hall–Kier alpha value is -1.48. The van der Waals surface area contributed by atoms with E-state index in [1.807, 2.05) is 18.2 Å². The average molecular weight is 205 g/mol. The second-order valence-electron chi connectivity index (χ2n) is 3.60. The molecule has 0 bridgehead atoms. The first-order valence-electron chi connectivity index (χ1n) is 5.15. The van der Waals surface area contributed by atoms with E-state index in [4.69, 9.17) is 14.6 Å². The van der Waals surface area contributed by atoms with Gasteiger partial charge in [0.15, 0.2) is 0 Å². The smallest absolute Gasteiger partial charge is 0.121 e. The molecule has 0 radical (unpaired) electrons. The molecule has 0 fully saturated rings. The minimum atomic E-state index is -0.0945. The van der Waals surface area contributed by atoms with Crippen molar-refractivity contribution in [3.05, 3.63) is 47.8 Å². The average Bonchev–Trinajstić information content (AvgIpc) is 2.86. The molecule has 2 heterocycles. The van der Waals surface area contributed by atoms with Crippen molar-refractivity contribution in [1.29, 1.82) is 0 Å². The molecule has 1 atom stereocenters. The van der Waals surface area contributed by atoms with Gasteiger partial charge < -0.3 is 14.6 Å². The fourth-order valence-corrected chi connectivity index (χ4v) is 1.55. The van der Waals surface area contributed by atoms with Crippen molar-refractivity contribution in [3.8, 4) is 0 Å². The summed E-state index contributed by atoms with van der Waals surface area (Å²) >= 11 is 0. The van der Waals surface area contributed by atoms with E-state index in [1.54, 1.807) is 12.5 Å². The molecule has 2 N–H and O–H groups in total. The third kappa shape index (κ3) is 2.30. The lowest BCUT2D eigenvalue weighted by atomic mass is 10.1. The van der Waals surface area contributed by atoms with Crippen molar-refractivity contribution in [2.75, 3.05) is 0 Å². The zero-order valence-electron chi connectivity index (χ0n) is 8.77. The number of aryl methyl sites for hydroxylation is 1. The standard InChI is InChI=1S/C12H15NO2/c1-2-10-3-4-12(15-10)11(13)7-9-5-6-14-8-9/h3-6,8,11H,2,7,13H2,1H3. The highest BCUT2D eigenvalue weighted by Crippen LogP contribution is 2.19. The van der Waals surface area contributed by atoms with Crippen molar-refractivity contribution >= 4 is 0 Å². The van der Waals surface area contributed by atoms with Crippen molar-refractivity contribution in [2.24, 2.45) is 5.73 Å². The van der Waals surface area contributed by atoms with Gasteiger partial charge in [-0.2, -0.15) is 0 Å². The first-order valence-corrected chi connectivity index (χ1v) is 5.15. The molecule has 0 saturated heterocycles. The van der Waals surface area contributed by atoms with Crippen molar-refractivity contribution < 1.29 is 8.83 Å². The maximum Gasteiger partial charge on any atom is 0.121 e. The molecule has 80 valence electrons. The third-order valence-electron chi connectivity index (χ3n) is 2.43. The molecule has 1 unspecified atom stereocenters. The second-order valence-corrected chi connectivity index (χ2v) is 3.60. The minimum absolute atomic E-state index is 0.0945. The van der Waals surface area contributed by atoms with E-state index in [-0.39, 0.29) is 6.04 Å². The summed E-state index contributed by atoms with van der Waals surface area (Å²) in [6, 6.07) is 5.75. The Balaban J connectivity index is 2.04. The molecular weight excluding hydrogens is 190 g/mol. The van der Waals surface area contributed by atoms with Gasteiger partial charge in [0.1, 0.15) is 11.5 Å². The van der Waals surface area contributed by atoms with Gasteiger partial charge in [0.25, 0.3) is 0 Å². The first-order chi connectivity index (χ1) is 7.29. The van der Waals surface area contributed by atoms with E-state index in [9.17, 15) is 0 Å². The predicted molar refractivity (Wildman–Crippen MR) is 57.4 cm³/mol. The summed E-state index contributed by atoms with van der Waals surface area (Å²) in [5.41, 5.74) is 7.11. The van der Waals surface area contributed by atoms with E-state index in [1.165, 1.54) is 0 Å². The lowest BCUT2D eigenvalue weighted by Crippen LogP contribution is -2.11. The molecule has 15 heavy (non-hydrogen) atoms. The van der Waals surface area contributed by atoms with Crippen LogP contribution in [0.25, 0.3) is 0 Å². The van der Waals surface area contributed by atoms with Crippen LogP contribution in [-0.2, 0) is 12.8 Å². The normalized spacial score (nSPS) is 12.9. The molecule has 0 aliphatic carbocycles. The summed E-state index contributed by atoms with van der Waals surface area (Å²) in [6.07, 6.45) is 5.01. The van der Waals surface area contributed by atoms with Crippen LogP contribution >= 0.6 is 0 Å². The van der Waals surface area contributed by atoms with Crippen LogP contribution in [0.4, 0.5) is 0 Å². The summed E-state index contributed by atoms with van der Waals surface area (Å²) in [4.78, 5) is 0. The second kappa shape index (κ2) is 4.36. The van der Waals surface area contributed by atoms with Crippen LogP contribution in [0.1, 0.15) is 30.0 Å². The Labute approximate surface area is 88.9 Å². The lowest BCUT2D eigenvalue weighted by Gasteiger charge is -2.06. The van der Waals surface area contributed by atoms with Gasteiger partial charge >= 0.3 is 0 Å². The molecule has 3 heteroatoms. The van der Waals surface area contributed by atoms with E-state index in [0.717, 1.165) is 29.9 Å². The van der Waals surface area contributed by atoms with Gasteiger partial charge in [-0.1, -0.05) is 6.92 Å². The van der Waals surface area contributed by atoms with Crippen LogP contribution in [0, 0.1) is 0 Å². The highest BCUT2D eigenvalue weighted by Gasteiger charge is 2.11. The molecule has 2 rings (SSSR count). The maximum absolute atomic E-state index is 6.02. The maximum atomic E-state index is 6.02. The van der Waals surface area contributed by atoms with Crippen LogP contribution < -0.4 is 5.73 Å². The Bertz CT molecular complexity index is 403. The number of nitrogens with two attached hydrogens (primary N) is 1. The zero-order chi connectivity index (χ0) is 10.7. The first kappa shape index (κ1) is 10.1. The van der Waals surface area contributed by atoms with Gasteiger partial charge in [0.05, 0.1) is 18.6 Å². The van der Waals surface area contributed by atoms with Crippen LogP contribution in [0.5, 0.6) is 0 Å². The Morgan fingerprint density at radius 3 is 2.80 bits per heavy atom. The van der Waals surface area contributed by atoms with Crippen molar-refractivity contribution in [1.82, 2.24) is 0 Å². The summed E-state index contributed by atoms with van der Waals surface area (Å²) in [7, 11) is 0. The molecule has 3 nitrogen and oxygen atoms in total. The van der Waals surface area contributed by atoms with Crippen LogP contribution in [0.2, 0.25) is 0 Å². The van der Waals surface area contributed by atoms with Crippen LogP contribution in [-0.4, -0.2) is 0 Å². The fourth-order valence-electron chi connectivity index (χ4n) is 1.55. The summed E-state index contributed by atoms with van der Waals surface area (Å²) < 4.78 is 10.6. The topological polar surface area (TPSA) is 52.3 Å². The largest absolute Gasteiger partial charge is 0.472 e. The van der Waals surface area contributed by atoms with E-state index < -0.39 is 0 Å². The highest BCUT2D eigenvalue weighted by atomic mass is 16.3. The number of rotatable bonds is 4. The third-order valence-corrected chi connectivity index (χ3v) is 2.43. The van der Waals surface area contributed by atoms with Gasteiger partial charge in [-0.05, 0) is 30.2 Å². The fraction of sp³-hybridized carbons (Fsp3) is 0.333. The van der Waals surface area contributed by atoms with E-state index in [2.05, 4.69) is 6.92 Å². The number of hydrogen-bond donors (Lipinski definition) is 1. The van der Waals surface area contributed by atoms with Gasteiger partial charge in [-0.3, -0.25) is 0 Å². The molecule has 2 aromatic rings. The van der Waals surface area contributed by atoms with Gasteiger partial charge in [-0.25, -0.2) is 0 Å². The van der Waals surface area contributed by atoms with E-state index >= 15 is 0 Å². The van der Waals surface area contributed by atoms with Gasteiger partial charge in [0, 0.05) is 6.42 Å².